The van der Waals surface area contributed by atoms with E-state index in [1.807, 2.05) is 19.3 Å². The van der Waals surface area contributed by atoms with E-state index in [2.05, 4.69) is 14.5 Å². The molecule has 0 saturated carbocycles. The van der Waals surface area contributed by atoms with Gasteiger partial charge in [0.05, 0.1) is 12.1 Å². The largest absolute Gasteiger partial charge is 0.389 e. The molecule has 1 aromatic heterocycles. The molecule has 0 aromatic carbocycles. The Morgan fingerprint density at radius 3 is 3.06 bits per heavy atom. The third-order valence-electron chi connectivity index (χ3n) is 3.70. The van der Waals surface area contributed by atoms with Crippen molar-refractivity contribution in [2.45, 2.75) is 44.9 Å². The van der Waals surface area contributed by atoms with Gasteiger partial charge < -0.3 is 15.4 Å². The average Bonchev–Trinajstić information content (AvgIpc) is 2.82. The van der Waals surface area contributed by atoms with Crippen molar-refractivity contribution < 1.29 is 5.11 Å². The highest BCUT2D eigenvalue weighted by Gasteiger charge is 2.18. The van der Waals surface area contributed by atoms with Gasteiger partial charge in [0.25, 0.3) is 0 Å². The third kappa shape index (κ3) is 3.54. The molecule has 1 aromatic rings. The summed E-state index contributed by atoms with van der Waals surface area (Å²) < 4.78 is 2.22. The molecular weight excluding hydrogens is 228 g/mol. The maximum Gasteiger partial charge on any atom is 0.122 e. The number of hydrogen-bond acceptors (Lipinski definition) is 4. The van der Waals surface area contributed by atoms with Gasteiger partial charge in [0.1, 0.15) is 5.82 Å². The first-order valence-corrected chi connectivity index (χ1v) is 6.75. The van der Waals surface area contributed by atoms with Gasteiger partial charge in [-0.05, 0) is 32.7 Å². The van der Waals surface area contributed by atoms with Crippen LogP contribution in [0.15, 0.2) is 12.4 Å². The summed E-state index contributed by atoms with van der Waals surface area (Å²) in [5.74, 6) is 1.16. The van der Waals surface area contributed by atoms with E-state index in [4.69, 9.17) is 5.73 Å². The van der Waals surface area contributed by atoms with E-state index in [1.54, 1.807) is 0 Å². The first kappa shape index (κ1) is 13.5. The Kier molecular flexibility index (Phi) is 4.37. The van der Waals surface area contributed by atoms with Gasteiger partial charge in [-0.2, -0.15) is 0 Å². The molecule has 5 heteroatoms. The van der Waals surface area contributed by atoms with E-state index in [1.165, 1.54) is 0 Å². The predicted molar refractivity (Wildman–Crippen MR) is 71.0 cm³/mol. The molecule has 0 radical (unpaired) electrons. The molecule has 2 heterocycles. The number of fused-ring (bicyclic) bond motifs is 1. The van der Waals surface area contributed by atoms with Crippen LogP contribution in [0.25, 0.3) is 0 Å². The molecule has 18 heavy (non-hydrogen) atoms. The van der Waals surface area contributed by atoms with Crippen molar-refractivity contribution >= 4 is 0 Å². The summed E-state index contributed by atoms with van der Waals surface area (Å²) >= 11 is 0. The van der Waals surface area contributed by atoms with Gasteiger partial charge in [0, 0.05) is 32.0 Å². The number of nitrogens with zero attached hydrogens (tertiary/aromatic N) is 3. The Morgan fingerprint density at radius 1 is 1.44 bits per heavy atom. The summed E-state index contributed by atoms with van der Waals surface area (Å²) in [6.07, 6.45) is 6.83. The number of aromatic nitrogens is 2. The van der Waals surface area contributed by atoms with Crippen LogP contribution in [-0.4, -0.2) is 44.8 Å². The lowest BCUT2D eigenvalue weighted by Gasteiger charge is -2.28. The lowest BCUT2D eigenvalue weighted by Crippen LogP contribution is -2.35. The summed E-state index contributed by atoms with van der Waals surface area (Å²) in [4.78, 5) is 6.78. The minimum Gasteiger partial charge on any atom is -0.389 e. The number of rotatable bonds is 6. The second-order valence-electron chi connectivity index (χ2n) is 5.47. The normalized spacial score (nSPS) is 19.5. The molecule has 1 unspecified atom stereocenters. The van der Waals surface area contributed by atoms with E-state index in [0.29, 0.717) is 6.54 Å². The minimum atomic E-state index is -0.696. The van der Waals surface area contributed by atoms with Crippen LogP contribution < -0.4 is 5.73 Å². The van der Waals surface area contributed by atoms with E-state index < -0.39 is 5.60 Å². The first-order chi connectivity index (χ1) is 8.61. The topological polar surface area (TPSA) is 67.3 Å². The molecule has 0 spiro atoms. The Labute approximate surface area is 109 Å². The zero-order chi connectivity index (χ0) is 13.0. The standard InChI is InChI=1S/C13H24N4O/c1-13(18,11-14)4-2-3-6-16-8-9-17-7-5-15-12(17)10-16/h5,7,18H,2-4,6,8-11,14H2,1H3. The van der Waals surface area contributed by atoms with E-state index in [-0.39, 0.29) is 0 Å². The fraction of sp³-hybridized carbons (Fsp3) is 0.769. The summed E-state index contributed by atoms with van der Waals surface area (Å²) in [5.41, 5.74) is 4.80. The smallest absolute Gasteiger partial charge is 0.122 e. The fourth-order valence-corrected chi connectivity index (χ4v) is 2.36. The fourth-order valence-electron chi connectivity index (χ4n) is 2.36. The zero-order valence-electron chi connectivity index (χ0n) is 11.2. The molecule has 2 rings (SSSR count). The summed E-state index contributed by atoms with van der Waals surface area (Å²) in [6.45, 7) is 6.30. The molecule has 0 amide bonds. The Bertz CT molecular complexity index is 375. The molecule has 3 N–H and O–H groups in total. The van der Waals surface area contributed by atoms with Crippen LogP contribution in [0, 0.1) is 0 Å². The van der Waals surface area contributed by atoms with Crippen molar-refractivity contribution in [1.82, 2.24) is 14.5 Å². The quantitative estimate of drug-likeness (QED) is 0.727. The van der Waals surface area contributed by atoms with Crippen molar-refractivity contribution in [2.24, 2.45) is 5.73 Å². The van der Waals surface area contributed by atoms with Crippen molar-refractivity contribution in [3.8, 4) is 0 Å². The third-order valence-corrected chi connectivity index (χ3v) is 3.70. The predicted octanol–water partition coefficient (Wildman–Crippen LogP) is 0.579. The maximum atomic E-state index is 9.81. The summed E-state index contributed by atoms with van der Waals surface area (Å²) in [6, 6.07) is 0. The lowest BCUT2D eigenvalue weighted by molar-refractivity contribution is 0.0560. The molecule has 0 bridgehead atoms. The molecule has 102 valence electrons. The molecule has 0 aliphatic carbocycles. The van der Waals surface area contributed by atoms with Crippen molar-refractivity contribution in [2.75, 3.05) is 19.6 Å². The Balaban J connectivity index is 1.67. The molecule has 0 fully saturated rings. The average molecular weight is 252 g/mol. The number of hydrogen-bond donors (Lipinski definition) is 2. The van der Waals surface area contributed by atoms with Crippen LogP contribution in [0.3, 0.4) is 0 Å². The minimum absolute atomic E-state index is 0.341. The molecule has 0 saturated heterocycles. The highest BCUT2D eigenvalue weighted by Crippen LogP contribution is 2.14. The van der Waals surface area contributed by atoms with Crippen LogP contribution in [0.5, 0.6) is 0 Å². The monoisotopic (exact) mass is 252 g/mol. The summed E-state index contributed by atoms with van der Waals surface area (Å²) in [7, 11) is 0. The SMILES string of the molecule is CC(O)(CN)CCCCN1CCn2ccnc2C1. The van der Waals surface area contributed by atoms with Crippen LogP contribution in [0.2, 0.25) is 0 Å². The van der Waals surface area contributed by atoms with Gasteiger partial charge in [-0.25, -0.2) is 4.98 Å². The van der Waals surface area contributed by atoms with Gasteiger partial charge in [-0.15, -0.1) is 0 Å². The van der Waals surface area contributed by atoms with Crippen LogP contribution >= 0.6 is 0 Å². The van der Waals surface area contributed by atoms with E-state index in [9.17, 15) is 5.11 Å². The first-order valence-electron chi connectivity index (χ1n) is 6.75. The Hall–Kier alpha value is -0.910. The Morgan fingerprint density at radius 2 is 2.28 bits per heavy atom. The lowest BCUT2D eigenvalue weighted by atomic mass is 9.99. The summed E-state index contributed by atoms with van der Waals surface area (Å²) in [5, 5.41) is 9.81. The number of unbranched alkanes of at least 4 members (excludes halogenated alkanes) is 1. The number of nitrogens with two attached hydrogens (primary N) is 1. The molecular formula is C13H24N4O. The van der Waals surface area contributed by atoms with Crippen LogP contribution in [-0.2, 0) is 13.1 Å². The van der Waals surface area contributed by atoms with Crippen molar-refractivity contribution in [1.29, 1.82) is 0 Å². The second kappa shape index (κ2) is 5.82. The van der Waals surface area contributed by atoms with Crippen LogP contribution in [0.4, 0.5) is 0 Å². The van der Waals surface area contributed by atoms with E-state index >= 15 is 0 Å². The highest BCUT2D eigenvalue weighted by atomic mass is 16.3. The van der Waals surface area contributed by atoms with Gasteiger partial charge in [-0.1, -0.05) is 0 Å². The van der Waals surface area contributed by atoms with Gasteiger partial charge in [-0.3, -0.25) is 4.90 Å². The highest BCUT2D eigenvalue weighted by molar-refractivity contribution is 4.95. The number of imidazole rings is 1. The molecule has 1 aliphatic heterocycles. The molecule has 1 atom stereocenters. The number of aliphatic hydroxyl groups is 1. The van der Waals surface area contributed by atoms with E-state index in [0.717, 1.165) is 51.3 Å². The molecule has 5 nitrogen and oxygen atoms in total. The van der Waals surface area contributed by atoms with Gasteiger partial charge in [0.2, 0.25) is 0 Å². The van der Waals surface area contributed by atoms with Crippen molar-refractivity contribution in [3.63, 3.8) is 0 Å². The second-order valence-corrected chi connectivity index (χ2v) is 5.47. The van der Waals surface area contributed by atoms with Crippen LogP contribution in [0.1, 0.15) is 32.0 Å². The van der Waals surface area contributed by atoms with Crippen molar-refractivity contribution in [3.05, 3.63) is 18.2 Å². The van der Waals surface area contributed by atoms with Gasteiger partial charge >= 0.3 is 0 Å². The molecule has 1 aliphatic rings. The van der Waals surface area contributed by atoms with Gasteiger partial charge in [0.15, 0.2) is 0 Å². The maximum absolute atomic E-state index is 9.81. The zero-order valence-corrected chi connectivity index (χ0v) is 11.2.